The Morgan fingerprint density at radius 3 is 2.09 bits per heavy atom. The number of aliphatic hydroxyl groups is 2. The number of hydrogen-bond acceptors (Lipinski definition) is 3. The van der Waals surface area contributed by atoms with Crippen LogP contribution in [0, 0.1) is 50.2 Å². The van der Waals surface area contributed by atoms with Crippen LogP contribution in [0.2, 0.25) is 0 Å². The fourth-order valence-electron chi connectivity index (χ4n) is 12.0. The van der Waals surface area contributed by atoms with Crippen LogP contribution < -0.4 is 0 Å². The molecule has 2 bridgehead atoms. The molecule has 2 N–H and O–H groups in total. The molecule has 3 heteroatoms. The van der Waals surface area contributed by atoms with Crippen molar-refractivity contribution in [3.8, 4) is 0 Å². The van der Waals surface area contributed by atoms with Crippen LogP contribution in [0.4, 0.5) is 0 Å². The minimum absolute atomic E-state index is 0.00370. The minimum atomic E-state index is -0.232. The molecule has 1 spiro atoms. The van der Waals surface area contributed by atoms with Gasteiger partial charge in [-0.2, -0.15) is 0 Å². The van der Waals surface area contributed by atoms with Gasteiger partial charge in [-0.3, -0.25) is 0 Å². The maximum absolute atomic E-state index is 11.9. The molecule has 5 aliphatic carbocycles. The Labute approximate surface area is 202 Å². The molecule has 188 valence electrons. The fraction of sp³-hybridized carbons (Fsp3) is 1.00. The highest BCUT2D eigenvalue weighted by atomic mass is 16.5. The van der Waals surface area contributed by atoms with Gasteiger partial charge in [-0.1, -0.05) is 48.5 Å². The van der Waals surface area contributed by atoms with Crippen LogP contribution in [0.25, 0.3) is 0 Å². The van der Waals surface area contributed by atoms with Crippen molar-refractivity contribution in [1.29, 1.82) is 0 Å². The van der Waals surface area contributed by atoms with Gasteiger partial charge in [-0.15, -0.1) is 0 Å². The third kappa shape index (κ3) is 2.45. The Morgan fingerprint density at radius 1 is 0.667 bits per heavy atom. The Hall–Kier alpha value is -0.120. The van der Waals surface area contributed by atoms with Crippen LogP contribution in [0.3, 0.4) is 0 Å². The molecule has 0 aromatic carbocycles. The van der Waals surface area contributed by atoms with Gasteiger partial charge >= 0.3 is 0 Å². The van der Waals surface area contributed by atoms with Gasteiger partial charge in [0, 0.05) is 10.8 Å². The van der Waals surface area contributed by atoms with E-state index in [4.69, 9.17) is 4.74 Å². The Balaban J connectivity index is 1.45. The third-order valence-corrected chi connectivity index (χ3v) is 14.2. The van der Waals surface area contributed by atoms with Gasteiger partial charge in [0.15, 0.2) is 0 Å². The molecule has 33 heavy (non-hydrogen) atoms. The van der Waals surface area contributed by atoms with Crippen molar-refractivity contribution in [2.75, 3.05) is 6.61 Å². The van der Waals surface area contributed by atoms with Crippen LogP contribution in [-0.2, 0) is 4.74 Å². The molecule has 0 radical (unpaired) electrons. The van der Waals surface area contributed by atoms with Gasteiger partial charge in [0.2, 0.25) is 0 Å². The summed E-state index contributed by atoms with van der Waals surface area (Å²) in [7, 11) is 0. The second kappa shape index (κ2) is 6.41. The van der Waals surface area contributed by atoms with E-state index in [0.717, 1.165) is 32.3 Å². The SMILES string of the molecule is CC1(C)CC[C@]23CO[C@@]4(CC[C@@H]5[C@]6(C)CC[C@H](O)C(C)(C)[C@@H]6CC[C@@]5(C)[C@]4(C)C[C@H]2O)[C@@H]3C1. The lowest BCUT2D eigenvalue weighted by atomic mass is 9.30. The molecule has 6 rings (SSSR count). The monoisotopic (exact) mass is 458 g/mol. The predicted molar refractivity (Wildman–Crippen MR) is 132 cm³/mol. The molecule has 1 saturated heterocycles. The van der Waals surface area contributed by atoms with Gasteiger partial charge < -0.3 is 14.9 Å². The highest BCUT2D eigenvalue weighted by Crippen LogP contribution is 2.80. The smallest absolute Gasteiger partial charge is 0.0777 e. The van der Waals surface area contributed by atoms with Crippen molar-refractivity contribution in [1.82, 2.24) is 0 Å². The van der Waals surface area contributed by atoms with Crippen molar-refractivity contribution in [3.63, 3.8) is 0 Å². The van der Waals surface area contributed by atoms with E-state index in [1.807, 2.05) is 0 Å². The lowest BCUT2D eigenvalue weighted by molar-refractivity contribution is -0.298. The van der Waals surface area contributed by atoms with Crippen LogP contribution in [-0.4, -0.2) is 34.6 Å². The van der Waals surface area contributed by atoms with E-state index in [9.17, 15) is 10.2 Å². The first kappa shape index (κ1) is 23.3. The molecule has 5 saturated carbocycles. The molecule has 3 nitrogen and oxygen atoms in total. The molecule has 6 aliphatic rings. The standard InChI is InChI=1S/C30H50O3/c1-24(2)14-15-29-18-33-30(21(29)16-24)13-9-20-26(5)11-10-22(31)25(3,4)19(26)8-12-27(20,6)28(30,7)17-23(29)32/h19-23,31-32H,8-18H2,1-7H3/t19-,20+,21+,22-,23+,26+,27+,28-,29+,30-/m0/s1. The van der Waals surface area contributed by atoms with Gasteiger partial charge in [0.1, 0.15) is 0 Å². The fourth-order valence-corrected chi connectivity index (χ4v) is 12.0. The summed E-state index contributed by atoms with van der Waals surface area (Å²) in [6, 6.07) is 0. The molecule has 10 atom stereocenters. The van der Waals surface area contributed by atoms with Crippen LogP contribution in [0.1, 0.15) is 113 Å². The molecule has 0 aromatic rings. The van der Waals surface area contributed by atoms with E-state index in [2.05, 4.69) is 48.5 Å². The number of ether oxygens (including phenoxy) is 1. The topological polar surface area (TPSA) is 49.7 Å². The zero-order chi connectivity index (χ0) is 23.9. The van der Waals surface area contributed by atoms with Crippen LogP contribution in [0.15, 0.2) is 0 Å². The summed E-state index contributed by atoms with van der Waals surface area (Å²) < 4.78 is 7.11. The summed E-state index contributed by atoms with van der Waals surface area (Å²) in [5.74, 6) is 1.72. The molecule has 0 unspecified atom stereocenters. The van der Waals surface area contributed by atoms with Gasteiger partial charge in [0.25, 0.3) is 0 Å². The van der Waals surface area contributed by atoms with Gasteiger partial charge in [0.05, 0.1) is 24.4 Å². The van der Waals surface area contributed by atoms with Crippen molar-refractivity contribution < 1.29 is 14.9 Å². The first-order valence-electron chi connectivity index (χ1n) is 14.2. The summed E-state index contributed by atoms with van der Waals surface area (Å²) in [6.45, 7) is 18.1. The first-order valence-corrected chi connectivity index (χ1v) is 14.2. The molecule has 0 amide bonds. The number of fused-ring (bicyclic) bond motifs is 4. The second-order valence-electron chi connectivity index (χ2n) is 15.9. The molecular formula is C30H50O3. The molecule has 6 fully saturated rings. The maximum Gasteiger partial charge on any atom is 0.0777 e. The number of rotatable bonds is 0. The van der Waals surface area contributed by atoms with E-state index in [0.29, 0.717) is 23.2 Å². The van der Waals surface area contributed by atoms with Crippen molar-refractivity contribution in [3.05, 3.63) is 0 Å². The van der Waals surface area contributed by atoms with E-state index < -0.39 is 0 Å². The Morgan fingerprint density at radius 2 is 1.36 bits per heavy atom. The van der Waals surface area contributed by atoms with Crippen LogP contribution in [0.5, 0.6) is 0 Å². The second-order valence-corrected chi connectivity index (χ2v) is 15.9. The lowest BCUT2D eigenvalue weighted by Crippen LogP contribution is -2.73. The van der Waals surface area contributed by atoms with E-state index in [1.54, 1.807) is 0 Å². The number of aliphatic hydroxyl groups excluding tert-OH is 2. The van der Waals surface area contributed by atoms with Crippen molar-refractivity contribution >= 4 is 0 Å². The van der Waals surface area contributed by atoms with Gasteiger partial charge in [-0.05, 0) is 104 Å². The number of hydrogen-bond donors (Lipinski definition) is 2. The molecule has 1 heterocycles. The first-order chi connectivity index (χ1) is 15.2. The summed E-state index contributed by atoms with van der Waals surface area (Å²) in [5.41, 5.74) is 0.714. The largest absolute Gasteiger partial charge is 0.393 e. The molecule has 0 aromatic heterocycles. The van der Waals surface area contributed by atoms with Gasteiger partial charge in [-0.25, -0.2) is 0 Å². The van der Waals surface area contributed by atoms with Crippen LogP contribution >= 0.6 is 0 Å². The van der Waals surface area contributed by atoms with Crippen molar-refractivity contribution in [2.24, 2.45) is 50.2 Å². The van der Waals surface area contributed by atoms with Crippen molar-refractivity contribution in [2.45, 2.75) is 130 Å². The highest BCUT2D eigenvalue weighted by molar-refractivity contribution is 5.28. The van der Waals surface area contributed by atoms with E-state index in [-0.39, 0.29) is 44.9 Å². The molecular weight excluding hydrogens is 408 g/mol. The Bertz CT molecular complexity index is 849. The minimum Gasteiger partial charge on any atom is -0.393 e. The summed E-state index contributed by atoms with van der Waals surface area (Å²) >= 11 is 0. The van der Waals surface area contributed by atoms with E-state index in [1.165, 1.54) is 38.5 Å². The quantitative estimate of drug-likeness (QED) is 0.444. The Kier molecular flexibility index (Phi) is 4.52. The average Bonchev–Trinajstić information content (AvgIpc) is 2.99. The highest BCUT2D eigenvalue weighted by Gasteiger charge is 2.79. The third-order valence-electron chi connectivity index (χ3n) is 14.2. The predicted octanol–water partition coefficient (Wildman–Crippen LogP) is 6.35. The molecule has 1 aliphatic heterocycles. The van der Waals surface area contributed by atoms with E-state index >= 15 is 0 Å². The summed E-state index contributed by atoms with van der Waals surface area (Å²) in [6.07, 6.45) is 11.0. The summed E-state index contributed by atoms with van der Waals surface area (Å²) in [5, 5.41) is 22.8. The lowest BCUT2D eigenvalue weighted by Gasteiger charge is -2.75. The normalized spacial score (nSPS) is 60.8. The maximum atomic E-state index is 11.9. The average molecular weight is 459 g/mol. The zero-order valence-corrected chi connectivity index (χ0v) is 22.5. The summed E-state index contributed by atoms with van der Waals surface area (Å²) in [4.78, 5) is 0. The zero-order valence-electron chi connectivity index (χ0n) is 22.5.